The van der Waals surface area contributed by atoms with Gasteiger partial charge >= 0.3 is 45.5 Å². The van der Waals surface area contributed by atoms with Crippen LogP contribution in [0.4, 0.5) is 0 Å². The van der Waals surface area contributed by atoms with Crippen molar-refractivity contribution in [2.45, 2.75) is 13.8 Å². The molecule has 0 fully saturated rings. The Morgan fingerprint density at radius 1 is 0.867 bits per heavy atom. The molecule has 0 bridgehead atoms. The molecule has 0 amide bonds. The Labute approximate surface area is 126 Å². The van der Waals surface area contributed by atoms with Gasteiger partial charge in [-0.1, -0.05) is 0 Å². The van der Waals surface area contributed by atoms with Crippen LogP contribution in [0, 0.1) is 0 Å². The number of hydrogen-bond acceptors (Lipinski definition) is 8. The van der Waals surface area contributed by atoms with E-state index in [0.717, 1.165) is 0 Å². The molecule has 15 heavy (non-hydrogen) atoms. The first-order valence-electron chi connectivity index (χ1n) is 3.32. The van der Waals surface area contributed by atoms with Gasteiger partial charge in [-0.15, -0.1) is 0 Å². The van der Waals surface area contributed by atoms with Crippen molar-refractivity contribution in [3.05, 3.63) is 0 Å². The summed E-state index contributed by atoms with van der Waals surface area (Å²) in [5.74, 6) is 0. The van der Waals surface area contributed by atoms with E-state index in [0.29, 0.717) is 0 Å². The van der Waals surface area contributed by atoms with Gasteiger partial charge in [0.05, 0.1) is 13.2 Å². The van der Waals surface area contributed by atoms with E-state index < -0.39 is 20.8 Å². The maximum atomic E-state index is 9.45. The van der Waals surface area contributed by atoms with Crippen molar-refractivity contribution in [2.75, 3.05) is 13.2 Å². The average Bonchev–Trinajstić information content (AvgIpc) is 1.81. The Morgan fingerprint density at radius 3 is 1.07 bits per heavy atom. The van der Waals surface area contributed by atoms with Crippen molar-refractivity contribution >= 4 is 66.3 Å². The molecule has 0 aliphatic rings. The van der Waals surface area contributed by atoms with E-state index in [9.17, 15) is 25.9 Å². The standard InChI is InChI=1S/2C2H6O4S.Sr/c2*1-2-6-7(3,4)5;/h2*2H2,1H3,(H,3,4,5);/q;;+2/p-2. The van der Waals surface area contributed by atoms with Crippen molar-refractivity contribution < 1.29 is 34.3 Å². The molecular weight excluding hydrogens is 328 g/mol. The smallest absolute Gasteiger partial charge is 0.726 e. The van der Waals surface area contributed by atoms with Crippen molar-refractivity contribution in [3.63, 3.8) is 0 Å². The summed E-state index contributed by atoms with van der Waals surface area (Å²) in [6.07, 6.45) is 0. The average molecular weight is 338 g/mol. The van der Waals surface area contributed by atoms with Gasteiger partial charge in [-0.05, 0) is 13.8 Å². The zero-order valence-corrected chi connectivity index (χ0v) is 13.3. The summed E-state index contributed by atoms with van der Waals surface area (Å²) >= 11 is 0. The molecular formula is C4H10O8S2Sr. The van der Waals surface area contributed by atoms with Crippen molar-refractivity contribution in [2.24, 2.45) is 0 Å². The molecule has 0 heterocycles. The molecule has 0 unspecified atom stereocenters. The first-order chi connectivity index (χ1) is 6.12. The quantitative estimate of drug-likeness (QED) is 0.347. The van der Waals surface area contributed by atoms with Crippen molar-refractivity contribution in [1.29, 1.82) is 0 Å². The van der Waals surface area contributed by atoms with Gasteiger partial charge in [-0.2, -0.15) is 0 Å². The predicted octanol–water partition coefficient (Wildman–Crippen LogP) is -1.41. The fourth-order valence-corrected chi connectivity index (χ4v) is 0.866. The number of hydrogen-bond donors (Lipinski definition) is 0. The summed E-state index contributed by atoms with van der Waals surface area (Å²) in [5.41, 5.74) is 0. The zero-order valence-electron chi connectivity index (χ0n) is 8.20. The van der Waals surface area contributed by atoms with Crippen LogP contribution in [-0.2, 0) is 29.2 Å². The normalized spacial score (nSPS) is 10.9. The summed E-state index contributed by atoms with van der Waals surface area (Å²) in [6, 6.07) is 0. The van der Waals surface area contributed by atoms with Crippen molar-refractivity contribution in [3.8, 4) is 0 Å². The zero-order chi connectivity index (χ0) is 11.8. The maximum Gasteiger partial charge on any atom is 2.00 e. The summed E-state index contributed by atoms with van der Waals surface area (Å²) in [4.78, 5) is 0. The third-order valence-corrected chi connectivity index (χ3v) is 1.57. The monoisotopic (exact) mass is 338 g/mol. The minimum Gasteiger partial charge on any atom is -0.726 e. The Hall–Kier alpha value is 1.22. The van der Waals surface area contributed by atoms with Gasteiger partial charge in [0.2, 0.25) is 20.8 Å². The fourth-order valence-electron chi connectivity index (χ4n) is 0.289. The van der Waals surface area contributed by atoms with Crippen LogP contribution in [0.5, 0.6) is 0 Å². The molecule has 0 aromatic rings. The molecule has 11 heteroatoms. The third-order valence-electron chi connectivity index (χ3n) is 0.524. The van der Waals surface area contributed by atoms with Gasteiger partial charge in [-0.3, -0.25) is 8.37 Å². The van der Waals surface area contributed by atoms with Gasteiger partial charge in [0, 0.05) is 0 Å². The van der Waals surface area contributed by atoms with E-state index >= 15 is 0 Å². The van der Waals surface area contributed by atoms with E-state index in [4.69, 9.17) is 0 Å². The van der Waals surface area contributed by atoms with E-state index in [1.165, 1.54) is 13.8 Å². The van der Waals surface area contributed by atoms with Gasteiger partial charge in [0.15, 0.2) is 0 Å². The van der Waals surface area contributed by atoms with Gasteiger partial charge in [0.1, 0.15) is 0 Å². The van der Waals surface area contributed by atoms with Crippen LogP contribution >= 0.6 is 0 Å². The van der Waals surface area contributed by atoms with Crippen molar-refractivity contribution in [1.82, 2.24) is 0 Å². The SMILES string of the molecule is CCOS(=O)(=O)[O-].CCOS(=O)(=O)[O-].[Sr+2]. The van der Waals surface area contributed by atoms with E-state index in [1.807, 2.05) is 0 Å². The number of rotatable bonds is 4. The molecule has 0 saturated heterocycles. The molecule has 0 aliphatic heterocycles. The third kappa shape index (κ3) is 31.3. The second-order valence-electron chi connectivity index (χ2n) is 1.63. The largest absolute Gasteiger partial charge is 2.00 e. The molecule has 0 aliphatic carbocycles. The Morgan fingerprint density at radius 2 is 1.07 bits per heavy atom. The molecule has 0 N–H and O–H groups in total. The molecule has 0 saturated carbocycles. The Balaban J connectivity index is -0.000000180. The minimum absolute atomic E-state index is 0. The van der Waals surface area contributed by atoms with Crippen LogP contribution in [-0.4, -0.2) is 84.6 Å². The molecule has 0 spiro atoms. The van der Waals surface area contributed by atoms with Crippen LogP contribution in [0.3, 0.4) is 0 Å². The van der Waals surface area contributed by atoms with E-state index in [-0.39, 0.29) is 58.7 Å². The summed E-state index contributed by atoms with van der Waals surface area (Å²) < 4.78 is 64.0. The first kappa shape index (κ1) is 21.5. The first-order valence-corrected chi connectivity index (χ1v) is 5.99. The summed E-state index contributed by atoms with van der Waals surface area (Å²) in [6.45, 7) is 2.67. The maximum absolute atomic E-state index is 9.45. The van der Waals surface area contributed by atoms with Crippen LogP contribution in [0.1, 0.15) is 13.8 Å². The van der Waals surface area contributed by atoms with Gasteiger partial charge in [0.25, 0.3) is 0 Å². The minimum atomic E-state index is -4.42. The van der Waals surface area contributed by atoms with Crippen LogP contribution < -0.4 is 0 Å². The molecule has 0 radical (unpaired) electrons. The molecule has 0 atom stereocenters. The Bertz CT molecular complexity index is 285. The molecule has 88 valence electrons. The molecule has 8 nitrogen and oxygen atoms in total. The second kappa shape index (κ2) is 10.4. The second-order valence-corrected chi connectivity index (χ2v) is 3.73. The summed E-state index contributed by atoms with van der Waals surface area (Å²) in [5, 5.41) is 0. The van der Waals surface area contributed by atoms with E-state index in [1.54, 1.807) is 0 Å². The molecule has 0 aromatic carbocycles. The van der Waals surface area contributed by atoms with Crippen LogP contribution in [0.15, 0.2) is 0 Å². The van der Waals surface area contributed by atoms with Crippen LogP contribution in [0.2, 0.25) is 0 Å². The topological polar surface area (TPSA) is 133 Å². The molecule has 0 aromatic heterocycles. The van der Waals surface area contributed by atoms with Gasteiger partial charge in [-0.25, -0.2) is 16.8 Å². The molecule has 0 rings (SSSR count). The van der Waals surface area contributed by atoms with Gasteiger partial charge < -0.3 is 9.11 Å². The predicted molar refractivity (Wildman–Crippen MR) is 48.4 cm³/mol. The van der Waals surface area contributed by atoms with E-state index in [2.05, 4.69) is 8.37 Å². The van der Waals surface area contributed by atoms with Crippen LogP contribution in [0.25, 0.3) is 0 Å². The summed E-state index contributed by atoms with van der Waals surface area (Å²) in [7, 11) is -8.85. The fraction of sp³-hybridized carbons (Fsp3) is 1.00. The Kier molecular flexibility index (Phi) is 14.9.